The van der Waals surface area contributed by atoms with E-state index in [1.165, 1.54) is 6.42 Å². The molecule has 1 heterocycles. The molecule has 0 spiro atoms. The summed E-state index contributed by atoms with van der Waals surface area (Å²) in [5.74, 6) is 0.723. The lowest BCUT2D eigenvalue weighted by molar-refractivity contribution is -0.139. The quantitative estimate of drug-likeness (QED) is 0.611. The fourth-order valence-electron chi connectivity index (χ4n) is 2.67. The maximum atomic E-state index is 10.7. The molecule has 0 aromatic carbocycles. The first-order valence-corrected chi connectivity index (χ1v) is 4.65. The smallest absolute Gasteiger partial charge is 0.320 e. The first kappa shape index (κ1) is 8.05. The summed E-state index contributed by atoms with van der Waals surface area (Å²) in [5, 5.41) is 12.0. The summed E-state index contributed by atoms with van der Waals surface area (Å²) in [6.07, 6.45) is 3.21. The number of aliphatic carboxylic acids is 1. The second-order valence-electron chi connectivity index (χ2n) is 4.24. The Bertz CT molecular complexity index is 191. The zero-order valence-corrected chi connectivity index (χ0v) is 7.29. The number of hydrogen-bond acceptors (Lipinski definition) is 2. The number of carboxylic acids is 1. The number of carbonyl (C=O) groups is 1. The van der Waals surface area contributed by atoms with Crippen LogP contribution in [0.15, 0.2) is 0 Å². The van der Waals surface area contributed by atoms with Crippen molar-refractivity contribution in [1.29, 1.82) is 0 Å². The molecule has 0 aromatic heterocycles. The standard InChI is InChI=1S/C9H15NO2/c1-5-2-6-4-8(9(11)12)10-7(6)3-5/h5-8,10H,2-4H2,1H3,(H,11,12)/t5?,6-,7-,8-/m0/s1. The fourth-order valence-corrected chi connectivity index (χ4v) is 2.67. The van der Waals surface area contributed by atoms with E-state index in [9.17, 15) is 4.79 Å². The molecule has 1 aliphatic carbocycles. The van der Waals surface area contributed by atoms with Gasteiger partial charge in [-0.25, -0.2) is 0 Å². The highest BCUT2D eigenvalue weighted by molar-refractivity contribution is 5.74. The lowest BCUT2D eigenvalue weighted by atomic mass is 10.0. The lowest BCUT2D eigenvalue weighted by Gasteiger charge is -2.09. The van der Waals surface area contributed by atoms with Gasteiger partial charge in [0.15, 0.2) is 0 Å². The molecular weight excluding hydrogens is 154 g/mol. The van der Waals surface area contributed by atoms with Crippen LogP contribution in [0.5, 0.6) is 0 Å². The van der Waals surface area contributed by atoms with E-state index in [2.05, 4.69) is 12.2 Å². The van der Waals surface area contributed by atoms with Crippen LogP contribution < -0.4 is 5.32 Å². The molecule has 4 atom stereocenters. The molecule has 0 bridgehead atoms. The maximum absolute atomic E-state index is 10.7. The number of nitrogens with one attached hydrogen (secondary N) is 1. The summed E-state index contributed by atoms with van der Waals surface area (Å²) in [6.45, 7) is 2.25. The second kappa shape index (κ2) is 2.73. The predicted molar refractivity (Wildman–Crippen MR) is 44.9 cm³/mol. The van der Waals surface area contributed by atoms with Gasteiger partial charge in [0, 0.05) is 6.04 Å². The van der Waals surface area contributed by atoms with Crippen molar-refractivity contribution in [2.45, 2.75) is 38.3 Å². The van der Waals surface area contributed by atoms with Gasteiger partial charge in [-0.1, -0.05) is 6.92 Å². The van der Waals surface area contributed by atoms with Gasteiger partial charge in [0.25, 0.3) is 0 Å². The minimum atomic E-state index is -0.683. The maximum Gasteiger partial charge on any atom is 0.320 e. The van der Waals surface area contributed by atoms with Gasteiger partial charge in [0.05, 0.1) is 0 Å². The van der Waals surface area contributed by atoms with Gasteiger partial charge in [0.1, 0.15) is 6.04 Å². The first-order chi connectivity index (χ1) is 5.66. The minimum absolute atomic E-state index is 0.271. The van der Waals surface area contributed by atoms with E-state index in [4.69, 9.17) is 5.11 Å². The molecule has 12 heavy (non-hydrogen) atoms. The average Bonchev–Trinajstić information content (AvgIpc) is 2.42. The Morgan fingerprint density at radius 2 is 2.17 bits per heavy atom. The molecule has 1 saturated carbocycles. The van der Waals surface area contributed by atoms with Crippen LogP contribution in [0.3, 0.4) is 0 Å². The van der Waals surface area contributed by atoms with E-state index in [1.54, 1.807) is 0 Å². The molecule has 1 unspecified atom stereocenters. The molecule has 0 radical (unpaired) electrons. The predicted octanol–water partition coefficient (Wildman–Crippen LogP) is 0.848. The molecule has 2 N–H and O–H groups in total. The third-order valence-electron chi connectivity index (χ3n) is 3.18. The van der Waals surface area contributed by atoms with Crippen LogP contribution in [0, 0.1) is 11.8 Å². The summed E-state index contributed by atoms with van der Waals surface area (Å²) in [4.78, 5) is 10.7. The van der Waals surface area contributed by atoms with Crippen LogP contribution in [0.25, 0.3) is 0 Å². The van der Waals surface area contributed by atoms with Gasteiger partial charge in [-0.2, -0.15) is 0 Å². The first-order valence-electron chi connectivity index (χ1n) is 4.65. The third-order valence-corrected chi connectivity index (χ3v) is 3.18. The Balaban J connectivity index is 1.98. The molecule has 1 saturated heterocycles. The number of hydrogen-bond donors (Lipinski definition) is 2. The Kier molecular flexibility index (Phi) is 1.83. The van der Waals surface area contributed by atoms with Gasteiger partial charge in [-0.3, -0.25) is 4.79 Å². The number of rotatable bonds is 1. The van der Waals surface area contributed by atoms with E-state index in [1.807, 2.05) is 0 Å². The molecule has 2 fully saturated rings. The highest BCUT2D eigenvalue weighted by Gasteiger charge is 2.42. The number of carboxylic acid groups (broad SMARTS) is 1. The Hall–Kier alpha value is -0.570. The van der Waals surface area contributed by atoms with Crippen molar-refractivity contribution in [2.24, 2.45) is 11.8 Å². The van der Waals surface area contributed by atoms with Crippen molar-refractivity contribution >= 4 is 5.97 Å². The topological polar surface area (TPSA) is 49.3 Å². The third kappa shape index (κ3) is 1.22. The molecule has 3 nitrogen and oxygen atoms in total. The lowest BCUT2D eigenvalue weighted by Crippen LogP contribution is -2.35. The Morgan fingerprint density at radius 1 is 1.42 bits per heavy atom. The van der Waals surface area contributed by atoms with E-state index < -0.39 is 5.97 Å². The van der Waals surface area contributed by atoms with Crippen molar-refractivity contribution in [1.82, 2.24) is 5.32 Å². The molecule has 0 aromatic rings. The summed E-state index contributed by atoms with van der Waals surface area (Å²) in [5.41, 5.74) is 0. The van der Waals surface area contributed by atoms with Gasteiger partial charge in [0.2, 0.25) is 0 Å². The fraction of sp³-hybridized carbons (Fsp3) is 0.889. The molecule has 2 aliphatic rings. The zero-order valence-electron chi connectivity index (χ0n) is 7.29. The van der Waals surface area contributed by atoms with Gasteiger partial charge in [-0.15, -0.1) is 0 Å². The highest BCUT2D eigenvalue weighted by Crippen LogP contribution is 2.38. The van der Waals surface area contributed by atoms with Crippen molar-refractivity contribution in [3.05, 3.63) is 0 Å². The summed E-state index contributed by atoms with van der Waals surface area (Å²) in [7, 11) is 0. The van der Waals surface area contributed by atoms with Crippen LogP contribution in [0.1, 0.15) is 26.2 Å². The van der Waals surface area contributed by atoms with Crippen molar-refractivity contribution in [3.8, 4) is 0 Å². The van der Waals surface area contributed by atoms with Gasteiger partial charge < -0.3 is 10.4 Å². The van der Waals surface area contributed by atoms with Crippen LogP contribution in [-0.2, 0) is 4.79 Å². The van der Waals surface area contributed by atoms with E-state index >= 15 is 0 Å². The van der Waals surface area contributed by atoms with Crippen molar-refractivity contribution in [2.75, 3.05) is 0 Å². The van der Waals surface area contributed by atoms with Crippen LogP contribution in [0.2, 0.25) is 0 Å². The molecule has 3 heteroatoms. The van der Waals surface area contributed by atoms with Crippen LogP contribution in [0.4, 0.5) is 0 Å². The van der Waals surface area contributed by atoms with Crippen molar-refractivity contribution in [3.63, 3.8) is 0 Å². The van der Waals surface area contributed by atoms with E-state index in [0.717, 1.165) is 18.8 Å². The number of fused-ring (bicyclic) bond motifs is 1. The second-order valence-corrected chi connectivity index (χ2v) is 4.24. The SMILES string of the molecule is CC1C[C@H]2C[C@@H](C(=O)O)N[C@H]2C1. The highest BCUT2D eigenvalue weighted by atomic mass is 16.4. The largest absolute Gasteiger partial charge is 0.480 e. The molecule has 0 amide bonds. The minimum Gasteiger partial charge on any atom is -0.480 e. The molecular formula is C9H15NO2. The summed E-state index contributed by atoms with van der Waals surface area (Å²) in [6, 6.07) is 0.216. The van der Waals surface area contributed by atoms with E-state index in [0.29, 0.717) is 12.0 Å². The Labute approximate surface area is 72.2 Å². The van der Waals surface area contributed by atoms with Gasteiger partial charge >= 0.3 is 5.97 Å². The van der Waals surface area contributed by atoms with Gasteiger partial charge in [-0.05, 0) is 31.1 Å². The normalized spacial score (nSPS) is 46.1. The Morgan fingerprint density at radius 3 is 2.75 bits per heavy atom. The molecule has 68 valence electrons. The summed E-state index contributed by atoms with van der Waals surface area (Å²) >= 11 is 0. The van der Waals surface area contributed by atoms with Crippen molar-refractivity contribution < 1.29 is 9.90 Å². The molecule has 1 aliphatic heterocycles. The molecule has 2 rings (SSSR count). The average molecular weight is 169 g/mol. The van der Waals surface area contributed by atoms with Crippen LogP contribution >= 0.6 is 0 Å². The zero-order chi connectivity index (χ0) is 8.72. The van der Waals surface area contributed by atoms with Crippen LogP contribution in [-0.4, -0.2) is 23.2 Å². The monoisotopic (exact) mass is 169 g/mol. The summed E-state index contributed by atoms with van der Waals surface area (Å²) < 4.78 is 0. The van der Waals surface area contributed by atoms with E-state index in [-0.39, 0.29) is 6.04 Å².